The molecule has 0 radical (unpaired) electrons. The maximum absolute atomic E-state index is 6.54. The summed E-state index contributed by atoms with van der Waals surface area (Å²) in [7, 11) is 0. The molecule has 4 heteroatoms. The highest BCUT2D eigenvalue weighted by Gasteiger charge is 2.53. The minimum atomic E-state index is 0.200. The first-order chi connectivity index (χ1) is 8.73. The van der Waals surface area contributed by atoms with E-state index in [0.717, 1.165) is 24.2 Å². The summed E-state index contributed by atoms with van der Waals surface area (Å²) in [5.41, 5.74) is 6.91. The predicted octanol–water partition coefficient (Wildman–Crippen LogP) is 2.16. The number of rotatable bonds is 3. The van der Waals surface area contributed by atoms with Gasteiger partial charge in [0.25, 0.3) is 0 Å². The molecule has 1 heterocycles. The van der Waals surface area contributed by atoms with Crippen molar-refractivity contribution in [2.75, 3.05) is 0 Å². The zero-order valence-electron chi connectivity index (χ0n) is 10.7. The van der Waals surface area contributed by atoms with E-state index in [-0.39, 0.29) is 6.04 Å². The Morgan fingerprint density at radius 2 is 1.83 bits per heavy atom. The van der Waals surface area contributed by atoms with E-state index in [9.17, 15) is 0 Å². The van der Waals surface area contributed by atoms with Crippen LogP contribution in [0.5, 0.6) is 0 Å². The predicted molar refractivity (Wildman–Crippen MR) is 66.6 cm³/mol. The summed E-state index contributed by atoms with van der Waals surface area (Å²) in [4.78, 5) is 4.13. The standard InChI is InChI=1S/C14H21N3O/c15-12(4-13-16-8-17-18-13)14-5-9-1-10(6-14)3-11(2-9)7-14/h8-12H,1-7,15H2. The third-order valence-electron chi connectivity index (χ3n) is 5.67. The molecular formula is C14H21N3O. The normalized spacial score (nSPS) is 43.3. The van der Waals surface area contributed by atoms with Gasteiger partial charge in [-0.15, -0.1) is 0 Å². The highest BCUT2D eigenvalue weighted by Crippen LogP contribution is 2.61. The van der Waals surface area contributed by atoms with E-state index in [1.165, 1.54) is 44.9 Å². The van der Waals surface area contributed by atoms with E-state index in [0.29, 0.717) is 11.3 Å². The van der Waals surface area contributed by atoms with Crippen LogP contribution >= 0.6 is 0 Å². The Kier molecular flexibility index (Phi) is 2.31. The van der Waals surface area contributed by atoms with Crippen molar-refractivity contribution in [2.24, 2.45) is 28.9 Å². The molecule has 4 aliphatic carbocycles. The van der Waals surface area contributed by atoms with Crippen LogP contribution in [0.1, 0.15) is 44.4 Å². The molecule has 1 aromatic heterocycles. The fourth-order valence-corrected chi connectivity index (χ4v) is 5.32. The third kappa shape index (κ3) is 1.62. The Balaban J connectivity index is 1.56. The van der Waals surface area contributed by atoms with Gasteiger partial charge in [-0.05, 0) is 61.7 Å². The molecule has 4 saturated carbocycles. The molecule has 4 fully saturated rings. The Bertz CT molecular complexity index is 393. The molecule has 0 aliphatic heterocycles. The molecule has 0 amide bonds. The number of aromatic nitrogens is 2. The molecule has 1 unspecified atom stereocenters. The topological polar surface area (TPSA) is 64.9 Å². The maximum atomic E-state index is 6.54. The lowest BCUT2D eigenvalue weighted by molar-refractivity contribution is -0.0677. The second kappa shape index (κ2) is 3.80. The van der Waals surface area contributed by atoms with Crippen molar-refractivity contribution < 1.29 is 4.52 Å². The maximum Gasteiger partial charge on any atom is 0.227 e. The van der Waals surface area contributed by atoms with Gasteiger partial charge in [-0.2, -0.15) is 4.98 Å². The first kappa shape index (κ1) is 11.0. The Morgan fingerprint density at radius 3 is 2.33 bits per heavy atom. The lowest BCUT2D eigenvalue weighted by Gasteiger charge is -2.58. The molecule has 18 heavy (non-hydrogen) atoms. The fraction of sp³-hybridized carbons (Fsp3) is 0.857. The van der Waals surface area contributed by atoms with Crippen LogP contribution in [0.25, 0.3) is 0 Å². The molecule has 1 atom stereocenters. The van der Waals surface area contributed by atoms with Crippen LogP contribution in [0.2, 0.25) is 0 Å². The summed E-state index contributed by atoms with van der Waals surface area (Å²) in [5.74, 6) is 3.55. The van der Waals surface area contributed by atoms with Crippen LogP contribution in [0.3, 0.4) is 0 Å². The first-order valence-corrected chi connectivity index (χ1v) is 7.25. The van der Waals surface area contributed by atoms with Gasteiger partial charge in [0.1, 0.15) is 0 Å². The Hall–Kier alpha value is -0.900. The summed E-state index contributed by atoms with van der Waals surface area (Å²) >= 11 is 0. The molecule has 4 nitrogen and oxygen atoms in total. The van der Waals surface area contributed by atoms with E-state index in [2.05, 4.69) is 10.1 Å². The third-order valence-corrected chi connectivity index (χ3v) is 5.67. The van der Waals surface area contributed by atoms with Crippen molar-refractivity contribution in [3.05, 3.63) is 12.2 Å². The molecule has 5 rings (SSSR count). The lowest BCUT2D eigenvalue weighted by atomic mass is 9.47. The minimum Gasteiger partial charge on any atom is -0.340 e. The number of nitrogens with zero attached hydrogens (tertiary/aromatic N) is 2. The fourth-order valence-electron chi connectivity index (χ4n) is 5.32. The van der Waals surface area contributed by atoms with Crippen molar-refractivity contribution in [1.82, 2.24) is 10.1 Å². The Labute approximate surface area is 107 Å². The molecule has 0 spiro atoms. The molecule has 4 aliphatic rings. The smallest absolute Gasteiger partial charge is 0.227 e. The number of hydrogen-bond acceptors (Lipinski definition) is 4. The average molecular weight is 247 g/mol. The summed E-state index contributed by atoms with van der Waals surface area (Å²) < 4.78 is 5.13. The molecule has 98 valence electrons. The van der Waals surface area contributed by atoms with Crippen molar-refractivity contribution >= 4 is 0 Å². The van der Waals surface area contributed by atoms with Gasteiger partial charge in [-0.25, -0.2) is 0 Å². The number of hydrogen-bond donors (Lipinski definition) is 1. The van der Waals surface area contributed by atoms with Gasteiger partial charge in [0.05, 0.1) is 0 Å². The highest BCUT2D eigenvalue weighted by atomic mass is 16.5. The molecule has 2 N–H and O–H groups in total. The van der Waals surface area contributed by atoms with E-state index in [4.69, 9.17) is 10.3 Å². The zero-order chi connectivity index (χ0) is 12.2. The first-order valence-electron chi connectivity index (χ1n) is 7.25. The van der Waals surface area contributed by atoms with Crippen molar-refractivity contribution in [3.63, 3.8) is 0 Å². The van der Waals surface area contributed by atoms with Gasteiger partial charge in [-0.3, -0.25) is 0 Å². The van der Waals surface area contributed by atoms with Gasteiger partial charge in [-0.1, -0.05) is 5.16 Å². The largest absolute Gasteiger partial charge is 0.340 e. The molecule has 4 bridgehead atoms. The quantitative estimate of drug-likeness (QED) is 0.889. The van der Waals surface area contributed by atoms with E-state index < -0.39 is 0 Å². The van der Waals surface area contributed by atoms with Gasteiger partial charge in [0.15, 0.2) is 6.33 Å². The highest BCUT2D eigenvalue weighted by molar-refractivity contribution is 5.06. The number of nitrogens with two attached hydrogens (primary N) is 1. The van der Waals surface area contributed by atoms with Gasteiger partial charge in [0, 0.05) is 12.5 Å². The molecular weight excluding hydrogens is 226 g/mol. The van der Waals surface area contributed by atoms with Gasteiger partial charge < -0.3 is 10.3 Å². The molecule has 0 aromatic carbocycles. The second-order valence-electron chi connectivity index (χ2n) is 6.93. The summed E-state index contributed by atoms with van der Waals surface area (Å²) in [6.45, 7) is 0. The van der Waals surface area contributed by atoms with E-state index in [1.54, 1.807) is 0 Å². The lowest BCUT2D eigenvalue weighted by Crippen LogP contribution is -2.55. The van der Waals surface area contributed by atoms with Crippen molar-refractivity contribution in [2.45, 2.75) is 51.0 Å². The summed E-state index contributed by atoms with van der Waals surface area (Å²) in [6.07, 6.45) is 10.6. The SMILES string of the molecule is NC(Cc1ncno1)C12CC3CC(CC(C3)C1)C2. The van der Waals surface area contributed by atoms with Crippen LogP contribution < -0.4 is 5.73 Å². The van der Waals surface area contributed by atoms with Crippen LogP contribution in [-0.2, 0) is 6.42 Å². The summed E-state index contributed by atoms with van der Waals surface area (Å²) in [5, 5.41) is 3.68. The van der Waals surface area contributed by atoms with Crippen LogP contribution in [0.4, 0.5) is 0 Å². The van der Waals surface area contributed by atoms with Crippen LogP contribution in [0.15, 0.2) is 10.9 Å². The minimum absolute atomic E-state index is 0.200. The Morgan fingerprint density at radius 1 is 1.22 bits per heavy atom. The van der Waals surface area contributed by atoms with E-state index in [1.807, 2.05) is 0 Å². The molecule has 1 aromatic rings. The summed E-state index contributed by atoms with van der Waals surface area (Å²) in [6, 6.07) is 0.200. The van der Waals surface area contributed by atoms with Crippen molar-refractivity contribution in [3.8, 4) is 0 Å². The monoisotopic (exact) mass is 247 g/mol. The van der Waals surface area contributed by atoms with Gasteiger partial charge in [0.2, 0.25) is 5.89 Å². The molecule has 0 saturated heterocycles. The van der Waals surface area contributed by atoms with Crippen molar-refractivity contribution in [1.29, 1.82) is 0 Å². The van der Waals surface area contributed by atoms with Crippen LogP contribution in [-0.4, -0.2) is 16.2 Å². The van der Waals surface area contributed by atoms with Crippen LogP contribution in [0, 0.1) is 23.2 Å². The zero-order valence-corrected chi connectivity index (χ0v) is 10.7. The second-order valence-corrected chi connectivity index (χ2v) is 6.93. The average Bonchev–Trinajstić information content (AvgIpc) is 2.79. The van der Waals surface area contributed by atoms with E-state index >= 15 is 0 Å². The van der Waals surface area contributed by atoms with Gasteiger partial charge >= 0.3 is 0 Å².